The van der Waals surface area contributed by atoms with Crippen LogP contribution in [0.1, 0.15) is 45.9 Å². The zero-order valence-electron chi connectivity index (χ0n) is 18.5. The molecular formula is C23H28N4O5S. The topological polar surface area (TPSA) is 138 Å². The number of carbonyl (C=O) groups is 1. The summed E-state index contributed by atoms with van der Waals surface area (Å²) in [4.78, 5) is 16.8. The van der Waals surface area contributed by atoms with Crippen molar-refractivity contribution in [1.29, 1.82) is 0 Å². The summed E-state index contributed by atoms with van der Waals surface area (Å²) in [5.74, 6) is -0.195. The molecule has 10 heteroatoms. The molecule has 3 aromatic rings. The highest BCUT2D eigenvalue weighted by molar-refractivity contribution is 7.87. The van der Waals surface area contributed by atoms with E-state index in [9.17, 15) is 18.3 Å². The molecule has 5 N–H and O–H groups in total. The number of hydrogen-bond donors (Lipinski definition) is 4. The largest absolute Gasteiger partial charge is 0.496 e. The summed E-state index contributed by atoms with van der Waals surface area (Å²) >= 11 is 0. The molecule has 0 aliphatic carbocycles. The fraction of sp³-hybridized carbons (Fsp3) is 0.348. The number of aromatic amines is 1. The van der Waals surface area contributed by atoms with Crippen molar-refractivity contribution in [1.82, 2.24) is 14.6 Å². The first-order valence-electron chi connectivity index (χ1n) is 10.7. The van der Waals surface area contributed by atoms with Crippen LogP contribution in [0.15, 0.2) is 42.6 Å². The highest BCUT2D eigenvalue weighted by Gasteiger charge is 2.32. The molecule has 1 aromatic heterocycles. The standard InChI is InChI=1S/C23H28N4O5S/c1-14-11-21(32-2)19(18-7-9-25-22(14)18)13-27-10-8-17(26-33(24,30)31)12-20(27)15-3-5-16(6-4-15)23(28)29/h3-7,9,11,17,20,25-26H,8,10,12-13H2,1-2H3,(H,28,29)(H2,24,30,31)/t17-,20-/m0/s1. The van der Waals surface area contributed by atoms with Crippen LogP contribution in [0.25, 0.3) is 10.9 Å². The summed E-state index contributed by atoms with van der Waals surface area (Å²) in [7, 11) is -2.18. The van der Waals surface area contributed by atoms with E-state index in [-0.39, 0.29) is 17.6 Å². The fourth-order valence-corrected chi connectivity index (χ4v) is 5.40. The van der Waals surface area contributed by atoms with E-state index in [1.54, 1.807) is 31.4 Å². The average Bonchev–Trinajstić information content (AvgIpc) is 3.26. The first-order chi connectivity index (χ1) is 15.7. The van der Waals surface area contributed by atoms with Crippen LogP contribution in [0.2, 0.25) is 0 Å². The molecule has 1 aliphatic heterocycles. The number of aromatic carboxylic acids is 1. The molecule has 1 aliphatic rings. The molecule has 33 heavy (non-hydrogen) atoms. The number of nitrogens with zero attached hydrogens (tertiary/aromatic N) is 1. The Morgan fingerprint density at radius 2 is 2.03 bits per heavy atom. The minimum Gasteiger partial charge on any atom is -0.496 e. The van der Waals surface area contributed by atoms with Crippen molar-refractivity contribution in [2.75, 3.05) is 13.7 Å². The van der Waals surface area contributed by atoms with Crippen LogP contribution in [0, 0.1) is 6.92 Å². The number of H-pyrrole nitrogens is 1. The van der Waals surface area contributed by atoms with Crippen LogP contribution in [0.3, 0.4) is 0 Å². The van der Waals surface area contributed by atoms with Crippen molar-refractivity contribution in [2.24, 2.45) is 5.14 Å². The quantitative estimate of drug-likeness (QED) is 0.417. The van der Waals surface area contributed by atoms with E-state index >= 15 is 0 Å². The molecule has 0 radical (unpaired) electrons. The van der Waals surface area contributed by atoms with Crippen LogP contribution >= 0.6 is 0 Å². The van der Waals surface area contributed by atoms with Crippen LogP contribution in [-0.2, 0) is 16.8 Å². The number of aryl methyl sites for hydroxylation is 1. The Kier molecular flexibility index (Phi) is 6.44. The summed E-state index contributed by atoms with van der Waals surface area (Å²) in [5.41, 5.74) is 4.31. The Morgan fingerprint density at radius 3 is 2.67 bits per heavy atom. The van der Waals surface area contributed by atoms with Gasteiger partial charge in [0.25, 0.3) is 10.2 Å². The Morgan fingerprint density at radius 1 is 1.30 bits per heavy atom. The van der Waals surface area contributed by atoms with Crippen molar-refractivity contribution < 1.29 is 23.1 Å². The second-order valence-electron chi connectivity index (χ2n) is 8.44. The summed E-state index contributed by atoms with van der Waals surface area (Å²) in [6, 6.07) is 10.3. The van der Waals surface area contributed by atoms with Crippen molar-refractivity contribution in [3.8, 4) is 5.75 Å². The lowest BCUT2D eigenvalue weighted by Gasteiger charge is -2.40. The number of methoxy groups -OCH3 is 1. The molecule has 2 atom stereocenters. The molecule has 1 fully saturated rings. The molecule has 4 rings (SSSR count). The van der Waals surface area contributed by atoms with Gasteiger partial charge in [-0.25, -0.2) is 9.93 Å². The van der Waals surface area contributed by atoms with Crippen LogP contribution < -0.4 is 14.6 Å². The van der Waals surface area contributed by atoms with Crippen molar-refractivity contribution >= 4 is 27.1 Å². The minimum atomic E-state index is -3.83. The Labute approximate surface area is 192 Å². The number of hydrogen-bond acceptors (Lipinski definition) is 5. The van der Waals surface area contributed by atoms with Gasteiger partial charge >= 0.3 is 5.97 Å². The van der Waals surface area contributed by atoms with Gasteiger partial charge in [-0.05, 0) is 55.2 Å². The van der Waals surface area contributed by atoms with Crippen molar-refractivity contribution in [3.05, 3.63) is 64.8 Å². The van der Waals surface area contributed by atoms with Gasteiger partial charge in [0, 0.05) is 47.8 Å². The first-order valence-corrected chi connectivity index (χ1v) is 12.2. The van der Waals surface area contributed by atoms with Gasteiger partial charge in [0.2, 0.25) is 0 Å². The number of likely N-dealkylation sites (tertiary alicyclic amines) is 1. The lowest BCUT2D eigenvalue weighted by molar-refractivity contribution is 0.0696. The van der Waals surface area contributed by atoms with Gasteiger partial charge in [0.1, 0.15) is 5.75 Å². The molecule has 176 valence electrons. The van der Waals surface area contributed by atoms with Gasteiger partial charge in [-0.3, -0.25) is 4.90 Å². The van der Waals surface area contributed by atoms with E-state index in [0.717, 1.165) is 33.3 Å². The number of benzene rings is 2. The van der Waals surface area contributed by atoms with E-state index in [4.69, 9.17) is 9.88 Å². The van der Waals surface area contributed by atoms with E-state index in [0.29, 0.717) is 25.9 Å². The summed E-state index contributed by atoms with van der Waals surface area (Å²) < 4.78 is 31.5. The van der Waals surface area contributed by atoms with Gasteiger partial charge in [-0.15, -0.1) is 0 Å². The molecule has 0 amide bonds. The van der Waals surface area contributed by atoms with Gasteiger partial charge in [-0.2, -0.15) is 13.1 Å². The second-order valence-corrected chi connectivity index (χ2v) is 9.76. The van der Waals surface area contributed by atoms with E-state index < -0.39 is 16.2 Å². The SMILES string of the molecule is COc1cc(C)c2[nH]ccc2c1CN1CC[C@H](NS(N)(=O)=O)C[C@H]1c1ccc(C(=O)O)cc1. The summed E-state index contributed by atoms with van der Waals surface area (Å²) in [6.07, 6.45) is 3.02. The normalized spacial score (nSPS) is 19.6. The molecule has 0 unspecified atom stereocenters. The van der Waals surface area contributed by atoms with Crippen LogP contribution in [0.5, 0.6) is 5.75 Å². The highest BCUT2D eigenvalue weighted by Crippen LogP contribution is 2.37. The van der Waals surface area contributed by atoms with E-state index in [2.05, 4.69) is 14.6 Å². The number of nitrogens with two attached hydrogens (primary N) is 1. The number of ether oxygens (including phenoxy) is 1. The zero-order chi connectivity index (χ0) is 23.8. The number of carboxylic acids is 1. The molecule has 2 heterocycles. The van der Waals surface area contributed by atoms with Gasteiger partial charge in [0.05, 0.1) is 12.7 Å². The lowest BCUT2D eigenvalue weighted by atomic mass is 9.91. The molecule has 0 bridgehead atoms. The predicted octanol–water partition coefficient (Wildman–Crippen LogP) is 2.68. The predicted molar refractivity (Wildman–Crippen MR) is 125 cm³/mol. The molecular weight excluding hydrogens is 444 g/mol. The third-order valence-electron chi connectivity index (χ3n) is 6.28. The van der Waals surface area contributed by atoms with Gasteiger partial charge in [0.15, 0.2) is 0 Å². The first kappa shape index (κ1) is 23.2. The van der Waals surface area contributed by atoms with Gasteiger partial charge < -0.3 is 14.8 Å². The van der Waals surface area contributed by atoms with Crippen LogP contribution in [-0.4, -0.2) is 49.1 Å². The number of rotatable bonds is 7. The molecule has 2 aromatic carbocycles. The smallest absolute Gasteiger partial charge is 0.335 e. The maximum atomic E-state index is 11.6. The maximum absolute atomic E-state index is 11.6. The van der Waals surface area contributed by atoms with E-state index in [1.807, 2.05) is 25.3 Å². The lowest BCUT2D eigenvalue weighted by Crippen LogP contribution is -2.47. The number of nitrogens with one attached hydrogen (secondary N) is 2. The monoisotopic (exact) mass is 472 g/mol. The molecule has 0 spiro atoms. The Balaban J connectivity index is 1.70. The fourth-order valence-electron chi connectivity index (χ4n) is 4.72. The second kappa shape index (κ2) is 9.14. The molecule has 0 saturated carbocycles. The Bertz CT molecular complexity index is 1270. The number of fused-ring (bicyclic) bond motifs is 1. The molecule has 9 nitrogen and oxygen atoms in total. The number of piperidine rings is 1. The summed E-state index contributed by atoms with van der Waals surface area (Å²) in [5, 5.41) is 15.6. The van der Waals surface area contributed by atoms with Crippen molar-refractivity contribution in [3.63, 3.8) is 0 Å². The molecule has 1 saturated heterocycles. The maximum Gasteiger partial charge on any atom is 0.335 e. The number of aromatic nitrogens is 1. The Hall–Kier alpha value is -2.92. The highest BCUT2D eigenvalue weighted by atomic mass is 32.2. The van der Waals surface area contributed by atoms with E-state index in [1.165, 1.54) is 0 Å². The average molecular weight is 473 g/mol. The third-order valence-corrected chi connectivity index (χ3v) is 6.94. The zero-order valence-corrected chi connectivity index (χ0v) is 19.4. The van der Waals surface area contributed by atoms with Crippen LogP contribution in [0.4, 0.5) is 0 Å². The van der Waals surface area contributed by atoms with Crippen molar-refractivity contribution in [2.45, 2.75) is 38.4 Å². The number of carboxylic acid groups (broad SMARTS) is 1. The third kappa shape index (κ3) is 5.03. The minimum absolute atomic E-state index is 0.138. The van der Waals surface area contributed by atoms with Gasteiger partial charge in [-0.1, -0.05) is 12.1 Å². The summed E-state index contributed by atoms with van der Waals surface area (Å²) in [6.45, 7) is 3.25.